The molecule has 57 heavy (non-hydrogen) atoms. The Morgan fingerprint density at radius 2 is 0.596 bits per heavy atom. The first kappa shape index (κ1) is 46.4. The third-order valence-electron chi connectivity index (χ3n) is 9.86. The highest BCUT2D eigenvalue weighted by Crippen LogP contribution is 2.71. The number of allylic oxidation sites excluding steroid dienone is 4. The molecule has 0 fully saturated rings. The highest BCUT2D eigenvalue weighted by Gasteiger charge is 2.36. The summed E-state index contributed by atoms with van der Waals surface area (Å²) >= 11 is 24.1. The van der Waals surface area contributed by atoms with E-state index in [1.165, 1.54) is 171 Å². The van der Waals surface area contributed by atoms with Gasteiger partial charge in [-0.25, -0.2) is 0 Å². The molecule has 310 valence electrons. The third kappa shape index (κ3) is 13.5. The minimum absolute atomic E-state index is 0.946. The second-order valence-electron chi connectivity index (χ2n) is 14.6. The highest BCUT2D eigenvalue weighted by atomic mass is 32.3. The van der Waals surface area contributed by atoms with Gasteiger partial charge in [-0.15, -0.1) is 0 Å². The molecule has 0 spiro atoms. The molecule has 0 bridgehead atoms. The zero-order valence-corrected chi connectivity index (χ0v) is 43.6. The molecule has 0 saturated heterocycles. The van der Waals surface area contributed by atoms with E-state index in [1.54, 1.807) is 19.6 Å². The summed E-state index contributed by atoms with van der Waals surface area (Å²) in [5, 5.41) is 0. The summed E-state index contributed by atoms with van der Waals surface area (Å²) in [4.78, 5) is 6.69. The molecule has 0 unspecified atom stereocenters. The Bertz CT molecular complexity index is 1630. The predicted octanol–water partition coefficient (Wildman–Crippen LogP) is 21.6. The van der Waals surface area contributed by atoms with Crippen molar-refractivity contribution in [2.45, 2.75) is 156 Å². The minimum Gasteiger partial charge on any atom is -0.457 e. The lowest BCUT2D eigenvalue weighted by Gasteiger charge is -2.06. The van der Waals surface area contributed by atoms with Crippen LogP contribution in [0.1, 0.15) is 168 Å². The lowest BCUT2D eigenvalue weighted by molar-refractivity contribution is 0.547. The van der Waals surface area contributed by atoms with E-state index < -0.39 is 0 Å². The zero-order valence-electron chi connectivity index (χ0n) is 33.8. The van der Waals surface area contributed by atoms with E-state index in [4.69, 9.17) is 4.42 Å². The SMILES string of the molecule is CCCCCCC1=C(CCCCCC)SC(=C2SC3=C(SC(=Cc4ccc(C=C5SC6=C(S5)SC(=C5SC(CCCCCC)=C(CCCCCC)S5)S6)o4)S3)S2)S1. The fourth-order valence-corrected chi connectivity index (χ4v) is 25.6. The maximum Gasteiger partial charge on any atom is 0.129 e. The van der Waals surface area contributed by atoms with Crippen LogP contribution in [-0.2, 0) is 0 Å². The molecule has 0 aromatic carbocycles. The smallest absolute Gasteiger partial charge is 0.129 e. The topological polar surface area (TPSA) is 13.1 Å². The summed E-state index contributed by atoms with van der Waals surface area (Å²) in [6.07, 6.45) is 31.0. The molecule has 1 nitrogen and oxygen atoms in total. The molecule has 7 heterocycles. The molecule has 13 heteroatoms. The molecule has 6 aliphatic heterocycles. The van der Waals surface area contributed by atoms with Gasteiger partial charge in [-0.1, -0.05) is 246 Å². The van der Waals surface area contributed by atoms with Gasteiger partial charge in [-0.05, 0) is 63.5 Å². The van der Waals surface area contributed by atoms with Crippen LogP contribution in [-0.4, -0.2) is 0 Å². The first-order chi connectivity index (χ1) is 28.0. The summed E-state index contributed by atoms with van der Waals surface area (Å²) in [5.74, 6) is 1.89. The summed E-state index contributed by atoms with van der Waals surface area (Å²) in [6.45, 7) is 9.25. The molecule has 0 saturated carbocycles. The fourth-order valence-electron chi connectivity index (χ4n) is 6.74. The number of thioether (sulfide) groups is 12. The lowest BCUT2D eigenvalue weighted by atomic mass is 10.1. The highest BCUT2D eigenvalue weighted by molar-refractivity contribution is 8.50. The average molecular weight is 986 g/mol. The van der Waals surface area contributed by atoms with Crippen molar-refractivity contribution in [2.75, 3.05) is 0 Å². The van der Waals surface area contributed by atoms with Crippen molar-refractivity contribution >= 4 is 153 Å². The van der Waals surface area contributed by atoms with Crippen LogP contribution in [0, 0.1) is 0 Å². The second kappa shape index (κ2) is 24.5. The Morgan fingerprint density at radius 1 is 0.333 bits per heavy atom. The quantitative estimate of drug-likeness (QED) is 0.103. The second-order valence-corrected chi connectivity index (χ2v) is 29.9. The Balaban J connectivity index is 0.888. The summed E-state index contributed by atoms with van der Waals surface area (Å²) < 4.78 is 20.9. The average Bonchev–Trinajstić information content (AvgIpc) is 4.06. The molecule has 0 amide bonds. The molecule has 1 aromatic heterocycles. The summed E-state index contributed by atoms with van der Waals surface area (Å²) in [6, 6.07) is 4.27. The first-order valence-corrected chi connectivity index (χ1v) is 30.9. The Kier molecular flexibility index (Phi) is 19.9. The van der Waals surface area contributed by atoms with Crippen LogP contribution < -0.4 is 0 Å². The molecule has 0 aliphatic carbocycles. The van der Waals surface area contributed by atoms with Crippen molar-refractivity contribution in [3.63, 3.8) is 0 Å². The largest absolute Gasteiger partial charge is 0.457 e. The number of rotatable bonds is 22. The van der Waals surface area contributed by atoms with Crippen LogP contribution in [0.2, 0.25) is 0 Å². The molecular weight excluding hydrogens is 929 g/mol. The predicted molar refractivity (Wildman–Crippen MR) is 283 cm³/mol. The van der Waals surface area contributed by atoms with Gasteiger partial charge in [0.2, 0.25) is 0 Å². The number of unbranched alkanes of at least 4 members (excludes halogenated alkanes) is 12. The fraction of sp³-hybridized carbons (Fsp3) is 0.545. The minimum atomic E-state index is 0.946. The van der Waals surface area contributed by atoms with Gasteiger partial charge < -0.3 is 4.42 Å². The lowest BCUT2D eigenvalue weighted by Crippen LogP contribution is -1.84. The Morgan fingerprint density at radius 3 is 0.877 bits per heavy atom. The van der Waals surface area contributed by atoms with Gasteiger partial charge in [0.15, 0.2) is 0 Å². The van der Waals surface area contributed by atoms with Crippen molar-refractivity contribution in [1.29, 1.82) is 0 Å². The van der Waals surface area contributed by atoms with E-state index in [-0.39, 0.29) is 0 Å². The van der Waals surface area contributed by atoms with Crippen molar-refractivity contribution in [2.24, 2.45) is 0 Å². The Hall–Kier alpha value is 1.40. The van der Waals surface area contributed by atoms with Crippen LogP contribution in [0.3, 0.4) is 0 Å². The zero-order chi connectivity index (χ0) is 39.4. The Labute approximate surface area is 395 Å². The van der Waals surface area contributed by atoms with E-state index in [9.17, 15) is 0 Å². The van der Waals surface area contributed by atoms with E-state index >= 15 is 0 Å². The van der Waals surface area contributed by atoms with E-state index in [0.717, 1.165) is 11.5 Å². The summed E-state index contributed by atoms with van der Waals surface area (Å²) in [7, 11) is 0. The van der Waals surface area contributed by atoms with Crippen LogP contribution in [0.5, 0.6) is 0 Å². The number of furan rings is 1. The van der Waals surface area contributed by atoms with Gasteiger partial charge in [-0.3, -0.25) is 0 Å². The monoisotopic (exact) mass is 984 g/mol. The van der Waals surface area contributed by atoms with Gasteiger partial charge in [0.25, 0.3) is 0 Å². The van der Waals surface area contributed by atoms with Crippen LogP contribution in [0.25, 0.3) is 12.2 Å². The van der Waals surface area contributed by atoms with Gasteiger partial charge in [-0.2, -0.15) is 0 Å². The van der Waals surface area contributed by atoms with Crippen LogP contribution in [0.4, 0.5) is 0 Å². The molecular formula is C44H56OS12. The van der Waals surface area contributed by atoms with E-state index in [2.05, 4.69) is 99.0 Å². The normalized spacial score (nSPS) is 19.6. The molecule has 7 rings (SSSR count). The maximum atomic E-state index is 6.38. The third-order valence-corrected chi connectivity index (χ3v) is 27.5. The standard InChI is InChI=1S/C44H56OS12/c1-5-9-13-17-21-31-32(22-18-14-10-6-2)47-37(46-31)43-54-39-40(55-43)51-35(50-39)27-29-25-26-30(45-29)28-36-52-41-42(53-36)57-44(56-41)38-48-33(23-19-15-11-7-3)34(49-38)24-20-16-12-8-4/h25-28H,5-24H2,1-4H3. The molecule has 0 atom stereocenters. The van der Waals surface area contributed by atoms with Crippen LogP contribution in [0.15, 0.2) is 78.5 Å². The van der Waals surface area contributed by atoms with E-state index in [1.807, 2.05) is 94.1 Å². The van der Waals surface area contributed by atoms with Gasteiger partial charge in [0.1, 0.15) is 11.5 Å². The van der Waals surface area contributed by atoms with Crippen molar-refractivity contribution in [1.82, 2.24) is 0 Å². The van der Waals surface area contributed by atoms with Gasteiger partial charge >= 0.3 is 0 Å². The molecule has 1 aromatic rings. The first-order valence-electron chi connectivity index (χ1n) is 21.1. The maximum absolute atomic E-state index is 6.38. The molecule has 0 radical (unpaired) electrons. The van der Waals surface area contributed by atoms with Crippen molar-refractivity contribution < 1.29 is 4.42 Å². The van der Waals surface area contributed by atoms with Crippen molar-refractivity contribution in [3.05, 3.63) is 85.6 Å². The number of hydrogen-bond acceptors (Lipinski definition) is 13. The van der Waals surface area contributed by atoms with E-state index in [0.29, 0.717) is 0 Å². The number of hydrogen-bond donors (Lipinski definition) is 0. The van der Waals surface area contributed by atoms with Gasteiger partial charge in [0, 0.05) is 31.8 Å². The van der Waals surface area contributed by atoms with Gasteiger partial charge in [0.05, 0.1) is 42.4 Å². The molecule has 6 aliphatic rings. The van der Waals surface area contributed by atoms with Crippen molar-refractivity contribution in [3.8, 4) is 0 Å². The summed E-state index contributed by atoms with van der Waals surface area (Å²) in [5.41, 5.74) is 0. The van der Waals surface area contributed by atoms with Crippen LogP contribution >= 0.6 is 141 Å². The molecule has 0 N–H and O–H groups in total.